The number of fused-ring (bicyclic) bond motifs is 1. The Kier molecular flexibility index (Phi) is 7.78. The van der Waals surface area contributed by atoms with Gasteiger partial charge >= 0.3 is 0 Å². The first-order valence-corrected chi connectivity index (χ1v) is 14.2. The van der Waals surface area contributed by atoms with Crippen molar-refractivity contribution in [3.05, 3.63) is 112 Å². The number of hydrogen-bond acceptors (Lipinski definition) is 7. The SMILES string of the molecule is CCc1ccc2[nH]c(=O)c(C(c3nnnn3CCc3ccccc3)N3CCN(c4ccc(OC)cc4)CC3)cc2c1. The van der Waals surface area contributed by atoms with Crippen LogP contribution in [0, 0.1) is 0 Å². The van der Waals surface area contributed by atoms with E-state index in [1.807, 2.05) is 47.1 Å². The minimum Gasteiger partial charge on any atom is -0.497 e. The van der Waals surface area contributed by atoms with Crippen molar-refractivity contribution >= 4 is 16.6 Å². The van der Waals surface area contributed by atoms with E-state index in [1.54, 1.807) is 7.11 Å². The third-order valence-electron chi connectivity index (χ3n) is 8.02. The first-order chi connectivity index (χ1) is 20.1. The average Bonchev–Trinajstić information content (AvgIpc) is 3.49. The highest BCUT2D eigenvalue weighted by molar-refractivity contribution is 5.80. The molecule has 1 aliphatic heterocycles. The Morgan fingerprint density at radius 1 is 0.927 bits per heavy atom. The molecule has 9 nitrogen and oxygen atoms in total. The molecule has 1 unspecified atom stereocenters. The number of pyridine rings is 1. The van der Waals surface area contributed by atoms with E-state index in [4.69, 9.17) is 4.74 Å². The number of rotatable bonds is 9. The van der Waals surface area contributed by atoms with Gasteiger partial charge in [0.05, 0.1) is 7.11 Å². The van der Waals surface area contributed by atoms with Gasteiger partial charge in [-0.1, -0.05) is 43.3 Å². The fourth-order valence-electron chi connectivity index (χ4n) is 5.67. The number of ether oxygens (including phenoxy) is 1. The van der Waals surface area contributed by atoms with Gasteiger partial charge in [0.2, 0.25) is 0 Å². The van der Waals surface area contributed by atoms with Crippen LogP contribution in [-0.4, -0.2) is 63.4 Å². The first kappa shape index (κ1) is 26.7. The number of tetrazole rings is 1. The molecule has 0 amide bonds. The standard InChI is InChI=1S/C32H35N7O2/c1-3-23-9-14-29-25(21-23)22-28(32(40)33-29)30(31-34-35-36-39(31)16-15-24-7-5-4-6-8-24)38-19-17-37(18-20-38)26-10-12-27(41-2)13-11-26/h4-14,21-22,30H,3,15-20H2,1-2H3,(H,33,40). The molecule has 6 rings (SSSR count). The van der Waals surface area contributed by atoms with Crippen molar-refractivity contribution in [3.8, 4) is 5.75 Å². The zero-order valence-corrected chi connectivity index (χ0v) is 23.5. The van der Waals surface area contributed by atoms with Gasteiger partial charge in [-0.15, -0.1) is 5.10 Å². The zero-order valence-electron chi connectivity index (χ0n) is 23.5. The summed E-state index contributed by atoms with van der Waals surface area (Å²) in [6.45, 7) is 5.92. The number of aromatic amines is 1. The largest absolute Gasteiger partial charge is 0.497 e. The fourth-order valence-corrected chi connectivity index (χ4v) is 5.67. The molecule has 1 fully saturated rings. The number of aromatic nitrogens is 5. The predicted octanol–water partition coefficient (Wildman–Crippen LogP) is 4.24. The van der Waals surface area contributed by atoms with Crippen LogP contribution >= 0.6 is 0 Å². The second-order valence-electron chi connectivity index (χ2n) is 10.4. The molecular formula is C32H35N7O2. The van der Waals surface area contributed by atoms with Crippen LogP contribution in [0.2, 0.25) is 0 Å². The molecule has 0 aliphatic carbocycles. The topological polar surface area (TPSA) is 92.2 Å². The van der Waals surface area contributed by atoms with Crippen LogP contribution < -0.4 is 15.2 Å². The third kappa shape index (κ3) is 5.71. The summed E-state index contributed by atoms with van der Waals surface area (Å²) in [5.41, 5.74) is 5.00. The second kappa shape index (κ2) is 11.9. The average molecular weight is 550 g/mol. The van der Waals surface area contributed by atoms with Gasteiger partial charge in [0.1, 0.15) is 11.8 Å². The number of benzene rings is 3. The Labute approximate surface area is 239 Å². The monoisotopic (exact) mass is 549 g/mol. The molecule has 5 aromatic rings. The first-order valence-electron chi connectivity index (χ1n) is 14.2. The van der Waals surface area contributed by atoms with Crippen molar-refractivity contribution in [2.75, 3.05) is 38.2 Å². The van der Waals surface area contributed by atoms with E-state index in [0.717, 1.165) is 61.4 Å². The summed E-state index contributed by atoms with van der Waals surface area (Å²) in [4.78, 5) is 21.5. The van der Waals surface area contributed by atoms with Crippen molar-refractivity contribution in [1.29, 1.82) is 0 Å². The summed E-state index contributed by atoms with van der Waals surface area (Å²) in [6, 6.07) is 26.4. The van der Waals surface area contributed by atoms with E-state index in [-0.39, 0.29) is 11.6 Å². The van der Waals surface area contributed by atoms with Gasteiger partial charge in [0.25, 0.3) is 5.56 Å². The molecule has 0 saturated carbocycles. The highest BCUT2D eigenvalue weighted by atomic mass is 16.5. The smallest absolute Gasteiger partial charge is 0.253 e. The van der Waals surface area contributed by atoms with Gasteiger partial charge < -0.3 is 14.6 Å². The van der Waals surface area contributed by atoms with Crippen LogP contribution in [0.4, 0.5) is 5.69 Å². The maximum Gasteiger partial charge on any atom is 0.253 e. The summed E-state index contributed by atoms with van der Waals surface area (Å²) in [7, 11) is 1.68. The third-order valence-corrected chi connectivity index (χ3v) is 8.02. The van der Waals surface area contributed by atoms with E-state index in [1.165, 1.54) is 11.1 Å². The van der Waals surface area contributed by atoms with Crippen molar-refractivity contribution in [3.63, 3.8) is 0 Å². The van der Waals surface area contributed by atoms with Crippen LogP contribution in [0.25, 0.3) is 10.9 Å². The van der Waals surface area contributed by atoms with E-state index >= 15 is 0 Å². The van der Waals surface area contributed by atoms with Crippen molar-refractivity contribution < 1.29 is 4.74 Å². The van der Waals surface area contributed by atoms with E-state index in [9.17, 15) is 4.79 Å². The Hall–Kier alpha value is -4.50. The molecule has 2 aromatic heterocycles. The molecule has 0 spiro atoms. The van der Waals surface area contributed by atoms with Gasteiger partial charge in [0, 0.05) is 49.5 Å². The Balaban J connectivity index is 1.34. The lowest BCUT2D eigenvalue weighted by molar-refractivity contribution is 0.199. The number of methoxy groups -OCH3 is 1. The molecule has 1 atom stereocenters. The van der Waals surface area contributed by atoms with Gasteiger partial charge in [-0.05, 0) is 82.2 Å². The number of nitrogens with zero attached hydrogens (tertiary/aromatic N) is 6. The van der Waals surface area contributed by atoms with Gasteiger partial charge in [-0.2, -0.15) is 0 Å². The lowest BCUT2D eigenvalue weighted by Crippen LogP contribution is -2.49. The lowest BCUT2D eigenvalue weighted by atomic mass is 10.0. The second-order valence-corrected chi connectivity index (χ2v) is 10.4. The maximum atomic E-state index is 13.6. The normalized spacial score (nSPS) is 14.8. The molecule has 0 bridgehead atoms. The molecule has 1 saturated heterocycles. The number of hydrogen-bond donors (Lipinski definition) is 1. The highest BCUT2D eigenvalue weighted by Crippen LogP contribution is 2.29. The molecule has 3 heterocycles. The van der Waals surface area contributed by atoms with Crippen molar-refractivity contribution in [1.82, 2.24) is 30.1 Å². The van der Waals surface area contributed by atoms with Crippen LogP contribution in [0.5, 0.6) is 5.75 Å². The molecule has 0 radical (unpaired) electrons. The maximum absolute atomic E-state index is 13.6. The molecular weight excluding hydrogens is 514 g/mol. The predicted molar refractivity (Wildman–Crippen MR) is 161 cm³/mol. The highest BCUT2D eigenvalue weighted by Gasteiger charge is 2.32. The number of piperazine rings is 1. The number of anilines is 1. The summed E-state index contributed by atoms with van der Waals surface area (Å²) in [5, 5.41) is 14.0. The molecule has 9 heteroatoms. The zero-order chi connectivity index (χ0) is 28.2. The number of H-pyrrole nitrogens is 1. The van der Waals surface area contributed by atoms with Crippen LogP contribution in [0.15, 0.2) is 83.7 Å². The van der Waals surface area contributed by atoms with Crippen LogP contribution in [0.3, 0.4) is 0 Å². The molecule has 3 aromatic carbocycles. The summed E-state index contributed by atoms with van der Waals surface area (Å²) >= 11 is 0. The van der Waals surface area contributed by atoms with E-state index in [2.05, 4.69) is 73.6 Å². The van der Waals surface area contributed by atoms with Crippen LogP contribution in [-0.2, 0) is 19.4 Å². The van der Waals surface area contributed by atoms with Gasteiger partial charge in [0.15, 0.2) is 5.82 Å². The lowest BCUT2D eigenvalue weighted by Gasteiger charge is -2.39. The Morgan fingerprint density at radius 2 is 1.71 bits per heavy atom. The Morgan fingerprint density at radius 3 is 2.44 bits per heavy atom. The summed E-state index contributed by atoms with van der Waals surface area (Å²) in [5.74, 6) is 1.53. The molecule has 1 N–H and O–H groups in total. The fraction of sp³-hybridized carbons (Fsp3) is 0.312. The van der Waals surface area contributed by atoms with E-state index in [0.29, 0.717) is 17.9 Å². The minimum absolute atomic E-state index is 0.109. The molecule has 210 valence electrons. The van der Waals surface area contributed by atoms with Crippen molar-refractivity contribution in [2.45, 2.75) is 32.4 Å². The Bertz CT molecular complexity index is 1660. The summed E-state index contributed by atoms with van der Waals surface area (Å²) < 4.78 is 7.19. The van der Waals surface area contributed by atoms with E-state index < -0.39 is 0 Å². The minimum atomic E-state index is -0.378. The molecule has 1 aliphatic rings. The van der Waals surface area contributed by atoms with Gasteiger partial charge in [-0.25, -0.2) is 4.68 Å². The number of aryl methyl sites for hydroxylation is 3. The van der Waals surface area contributed by atoms with Crippen molar-refractivity contribution in [2.24, 2.45) is 0 Å². The quantitative estimate of drug-likeness (QED) is 0.294. The molecule has 41 heavy (non-hydrogen) atoms. The summed E-state index contributed by atoms with van der Waals surface area (Å²) in [6.07, 6.45) is 1.73. The van der Waals surface area contributed by atoms with Crippen LogP contribution in [0.1, 0.15) is 35.5 Å². The van der Waals surface area contributed by atoms with Gasteiger partial charge in [-0.3, -0.25) is 9.69 Å². The number of nitrogens with one attached hydrogen (secondary N) is 1.